The zero-order chi connectivity index (χ0) is 32.0. The summed E-state index contributed by atoms with van der Waals surface area (Å²) in [6.45, 7) is 6.51. The van der Waals surface area contributed by atoms with Crippen molar-refractivity contribution in [3.05, 3.63) is 80.1 Å². The van der Waals surface area contributed by atoms with E-state index in [1.807, 2.05) is 18.7 Å². The number of aryl methyl sites for hydroxylation is 1. The van der Waals surface area contributed by atoms with E-state index in [2.05, 4.69) is 15.2 Å². The number of likely N-dealkylation sites (tertiary alicyclic amines) is 2. The number of H-pyrrole nitrogens is 1. The summed E-state index contributed by atoms with van der Waals surface area (Å²) in [6, 6.07) is 9.40. The zero-order valence-electron chi connectivity index (χ0n) is 25.1. The standard InChI is InChI=1S/C33H35Cl2FN4O4S/c1-19-30(37-20(2)31(19)33(42)40-12-4-5-22(40)17-39-13-10-21(36)11-14-39)16-25-24-15-23(8-9-29(24)38-32(25)41)45(43,44)18-26-27(34)6-3-7-28(26)35/h3,6-9,15-16,21-22,37H,4-5,10-14,17-18H2,1-2H3,(H,38,41)/b25-16-/t22-/m0/s1. The lowest BCUT2D eigenvalue weighted by molar-refractivity contribution is -0.110. The van der Waals surface area contributed by atoms with E-state index in [0.717, 1.165) is 19.4 Å². The first-order valence-corrected chi connectivity index (χ1v) is 17.5. The number of aromatic nitrogens is 1. The Balaban J connectivity index is 1.27. The van der Waals surface area contributed by atoms with Gasteiger partial charge in [-0.2, -0.15) is 0 Å². The number of nitrogens with one attached hydrogen (secondary N) is 2. The van der Waals surface area contributed by atoms with Gasteiger partial charge in [0.2, 0.25) is 0 Å². The minimum atomic E-state index is -3.86. The number of piperidine rings is 1. The van der Waals surface area contributed by atoms with Gasteiger partial charge in [0.25, 0.3) is 11.8 Å². The summed E-state index contributed by atoms with van der Waals surface area (Å²) in [7, 11) is -3.86. The largest absolute Gasteiger partial charge is 0.358 e. The molecule has 2 fully saturated rings. The van der Waals surface area contributed by atoms with Crippen molar-refractivity contribution in [1.82, 2.24) is 14.8 Å². The molecule has 1 atom stereocenters. The van der Waals surface area contributed by atoms with Crippen molar-refractivity contribution in [1.29, 1.82) is 0 Å². The highest BCUT2D eigenvalue weighted by Gasteiger charge is 2.34. The Morgan fingerprint density at radius 1 is 1.07 bits per heavy atom. The molecule has 2 aromatic carbocycles. The van der Waals surface area contributed by atoms with Gasteiger partial charge in [-0.05, 0) is 81.5 Å². The lowest BCUT2D eigenvalue weighted by atomic mass is 10.0. The van der Waals surface area contributed by atoms with Crippen LogP contribution in [0.1, 0.15) is 64.1 Å². The molecule has 0 radical (unpaired) electrons. The molecule has 3 aliphatic rings. The van der Waals surface area contributed by atoms with E-state index < -0.39 is 21.8 Å². The molecule has 0 bridgehead atoms. The second kappa shape index (κ2) is 12.5. The Morgan fingerprint density at radius 2 is 1.78 bits per heavy atom. The van der Waals surface area contributed by atoms with Crippen LogP contribution in [0.15, 0.2) is 41.3 Å². The molecule has 0 unspecified atom stereocenters. The van der Waals surface area contributed by atoms with Gasteiger partial charge in [-0.25, -0.2) is 12.8 Å². The number of hydrogen-bond donors (Lipinski definition) is 2. The zero-order valence-corrected chi connectivity index (χ0v) is 27.5. The quantitative estimate of drug-likeness (QED) is 0.281. The van der Waals surface area contributed by atoms with Crippen LogP contribution in [0.2, 0.25) is 10.0 Å². The molecule has 8 nitrogen and oxygen atoms in total. The van der Waals surface area contributed by atoms with Gasteiger partial charge < -0.3 is 20.1 Å². The van der Waals surface area contributed by atoms with Crippen LogP contribution < -0.4 is 5.32 Å². The number of fused-ring (bicyclic) bond motifs is 1. The first-order valence-electron chi connectivity index (χ1n) is 15.1. The van der Waals surface area contributed by atoms with Crippen molar-refractivity contribution in [2.24, 2.45) is 0 Å². The first-order chi connectivity index (χ1) is 21.4. The maximum atomic E-state index is 13.9. The fourth-order valence-electron chi connectivity index (χ4n) is 6.65. The third-order valence-electron chi connectivity index (χ3n) is 9.13. The van der Waals surface area contributed by atoms with Crippen LogP contribution in [0.5, 0.6) is 0 Å². The van der Waals surface area contributed by atoms with Crippen molar-refractivity contribution < 1.29 is 22.4 Å². The predicted molar refractivity (Wildman–Crippen MR) is 175 cm³/mol. The second-order valence-corrected chi connectivity index (χ2v) is 14.9. The average Bonchev–Trinajstić information content (AvgIpc) is 3.67. The van der Waals surface area contributed by atoms with E-state index >= 15 is 0 Å². The van der Waals surface area contributed by atoms with Crippen molar-refractivity contribution in [3.63, 3.8) is 0 Å². The summed E-state index contributed by atoms with van der Waals surface area (Å²) in [5.41, 5.74) is 4.13. The van der Waals surface area contributed by atoms with Gasteiger partial charge in [-0.15, -0.1) is 0 Å². The molecule has 2 saturated heterocycles. The van der Waals surface area contributed by atoms with Crippen LogP contribution in [0, 0.1) is 13.8 Å². The Hall–Kier alpha value is -3.18. The van der Waals surface area contributed by atoms with Crippen molar-refractivity contribution in [3.8, 4) is 0 Å². The van der Waals surface area contributed by atoms with E-state index in [1.54, 1.807) is 30.3 Å². The monoisotopic (exact) mass is 672 g/mol. The summed E-state index contributed by atoms with van der Waals surface area (Å²) < 4.78 is 40.5. The molecule has 6 rings (SSSR count). The third-order valence-corrected chi connectivity index (χ3v) is 11.5. The Labute approximate surface area is 272 Å². The second-order valence-electron chi connectivity index (χ2n) is 12.1. The van der Waals surface area contributed by atoms with Gasteiger partial charge in [0.1, 0.15) is 6.17 Å². The van der Waals surface area contributed by atoms with Crippen molar-refractivity contribution in [2.45, 2.75) is 62.4 Å². The minimum Gasteiger partial charge on any atom is -0.358 e. The maximum Gasteiger partial charge on any atom is 0.256 e. The smallest absolute Gasteiger partial charge is 0.256 e. The molecule has 1 aromatic heterocycles. The number of nitrogens with zero attached hydrogens (tertiary/aromatic N) is 2. The highest BCUT2D eigenvalue weighted by atomic mass is 35.5. The van der Waals surface area contributed by atoms with Gasteiger partial charge in [-0.3, -0.25) is 9.59 Å². The van der Waals surface area contributed by atoms with E-state index in [1.165, 1.54) is 12.1 Å². The van der Waals surface area contributed by atoms with E-state index in [-0.39, 0.29) is 38.4 Å². The molecule has 0 aliphatic carbocycles. The van der Waals surface area contributed by atoms with Gasteiger partial charge in [0.15, 0.2) is 9.84 Å². The summed E-state index contributed by atoms with van der Waals surface area (Å²) >= 11 is 12.5. The summed E-state index contributed by atoms with van der Waals surface area (Å²) in [5, 5.41) is 3.33. The molecule has 238 valence electrons. The molecular formula is C33H35Cl2FN4O4S. The number of hydrogen-bond acceptors (Lipinski definition) is 5. The summed E-state index contributed by atoms with van der Waals surface area (Å²) in [6.07, 6.45) is 3.83. The first kappa shape index (κ1) is 31.8. The molecule has 0 saturated carbocycles. The number of anilines is 1. The van der Waals surface area contributed by atoms with Crippen LogP contribution in [0.4, 0.5) is 10.1 Å². The van der Waals surface area contributed by atoms with Crippen LogP contribution >= 0.6 is 23.2 Å². The number of halogens is 3. The predicted octanol–water partition coefficient (Wildman–Crippen LogP) is 6.44. The molecule has 0 spiro atoms. The number of benzene rings is 2. The van der Waals surface area contributed by atoms with Crippen molar-refractivity contribution >= 4 is 62.2 Å². The number of rotatable bonds is 7. The molecule has 2 N–H and O–H groups in total. The fraction of sp³-hybridized carbons (Fsp3) is 0.394. The third kappa shape index (κ3) is 6.30. The minimum absolute atomic E-state index is 0.0331. The molecule has 45 heavy (non-hydrogen) atoms. The normalized spacial score (nSPS) is 20.2. The van der Waals surface area contributed by atoms with Crippen LogP contribution in [0.3, 0.4) is 0 Å². The molecule has 3 aromatic rings. The highest BCUT2D eigenvalue weighted by Crippen LogP contribution is 2.37. The van der Waals surface area contributed by atoms with Gasteiger partial charge in [0.05, 0.1) is 21.8 Å². The molecule has 12 heteroatoms. The number of alkyl halides is 1. The topological polar surface area (TPSA) is 103 Å². The number of aromatic amines is 1. The van der Waals surface area contributed by atoms with E-state index in [4.69, 9.17) is 23.2 Å². The van der Waals surface area contributed by atoms with E-state index in [0.29, 0.717) is 71.8 Å². The molecule has 2 amide bonds. The summed E-state index contributed by atoms with van der Waals surface area (Å²) in [4.78, 5) is 34.5. The number of amides is 2. The fourth-order valence-corrected chi connectivity index (χ4v) is 8.77. The van der Waals surface area contributed by atoms with Crippen molar-refractivity contribution in [2.75, 3.05) is 31.5 Å². The van der Waals surface area contributed by atoms with Crippen LogP contribution in [-0.2, 0) is 20.4 Å². The number of carbonyl (C=O) groups is 2. The maximum absolute atomic E-state index is 13.9. The Kier molecular flexibility index (Phi) is 8.86. The van der Waals surface area contributed by atoms with Crippen LogP contribution in [-0.4, -0.2) is 73.4 Å². The average molecular weight is 674 g/mol. The SMILES string of the molecule is Cc1[nH]c(/C=C2\C(=O)Nc3ccc(S(=O)(=O)Cc4c(Cl)cccc4Cl)cc32)c(C)c1C(=O)N1CCC[C@H]1CN1CCC(F)CC1. The summed E-state index contributed by atoms with van der Waals surface area (Å²) in [5.74, 6) is -0.821. The van der Waals surface area contributed by atoms with E-state index in [9.17, 15) is 22.4 Å². The van der Waals surface area contributed by atoms with Gasteiger partial charge >= 0.3 is 0 Å². The molecule has 4 heterocycles. The molecular weight excluding hydrogens is 638 g/mol. The lowest BCUT2D eigenvalue weighted by Crippen LogP contribution is -2.46. The Morgan fingerprint density at radius 3 is 2.49 bits per heavy atom. The number of carbonyl (C=O) groups excluding carboxylic acids is 2. The van der Waals surface area contributed by atoms with Gasteiger partial charge in [0, 0.05) is 70.5 Å². The van der Waals surface area contributed by atoms with Gasteiger partial charge in [-0.1, -0.05) is 29.3 Å². The lowest BCUT2D eigenvalue weighted by Gasteiger charge is -2.34. The molecule has 3 aliphatic heterocycles. The number of sulfone groups is 1. The van der Waals surface area contributed by atoms with Crippen LogP contribution in [0.25, 0.3) is 11.6 Å². The highest BCUT2D eigenvalue weighted by molar-refractivity contribution is 7.90. The Bertz CT molecular complexity index is 1790.